The van der Waals surface area contributed by atoms with Gasteiger partial charge in [0.05, 0.1) is 16.0 Å². The molecule has 0 radical (unpaired) electrons. The molecular weight excluding hydrogens is 565 g/mol. The number of ether oxygens (including phenoxy) is 1. The average Bonchev–Trinajstić information content (AvgIpc) is 2.98. The highest BCUT2D eigenvalue weighted by atomic mass is 32.2. The molecule has 0 aliphatic carbocycles. The molecule has 1 aromatic heterocycles. The zero-order valence-corrected chi connectivity index (χ0v) is 24.1. The van der Waals surface area contributed by atoms with Crippen molar-refractivity contribution in [3.63, 3.8) is 0 Å². The minimum atomic E-state index is -4.74. The predicted octanol–water partition coefficient (Wildman–Crippen LogP) is 5.27. The molecule has 0 atom stereocenters. The second-order valence-electron chi connectivity index (χ2n) is 10.4. The second-order valence-corrected chi connectivity index (χ2v) is 12.3. The van der Waals surface area contributed by atoms with E-state index in [1.165, 1.54) is 17.7 Å². The molecule has 2 heterocycles. The molecule has 222 valence electrons. The summed E-state index contributed by atoms with van der Waals surface area (Å²) in [6.45, 7) is 3.65. The molecule has 5 rings (SSSR count). The number of hydrogen-bond donors (Lipinski definition) is 0. The Kier molecular flexibility index (Phi) is 9.12. The molecule has 1 aliphatic rings. The van der Waals surface area contributed by atoms with Gasteiger partial charge in [0.1, 0.15) is 12.4 Å². The van der Waals surface area contributed by atoms with Crippen LogP contribution >= 0.6 is 0 Å². The van der Waals surface area contributed by atoms with Gasteiger partial charge in [0, 0.05) is 57.4 Å². The number of hydrogen-bond acceptors (Lipinski definition) is 6. The van der Waals surface area contributed by atoms with E-state index < -0.39 is 26.7 Å². The lowest BCUT2D eigenvalue weighted by molar-refractivity contribution is -0.139. The van der Waals surface area contributed by atoms with Gasteiger partial charge in [0.2, 0.25) is 10.0 Å². The number of pyridine rings is 1. The van der Waals surface area contributed by atoms with Gasteiger partial charge in [-0.1, -0.05) is 36.4 Å². The summed E-state index contributed by atoms with van der Waals surface area (Å²) in [5, 5.41) is 1.13. The van der Waals surface area contributed by atoms with Crippen molar-refractivity contribution in [2.24, 2.45) is 0 Å². The predicted molar refractivity (Wildman–Crippen MR) is 155 cm³/mol. The maximum Gasteiger partial charge on any atom is 0.417 e. The molecule has 3 aromatic carbocycles. The topological polar surface area (TPSA) is 66.0 Å². The first-order valence-corrected chi connectivity index (χ1v) is 15.2. The first kappa shape index (κ1) is 30.0. The Bertz CT molecular complexity index is 1610. The maximum absolute atomic E-state index is 13.4. The Morgan fingerprint density at radius 3 is 2.31 bits per heavy atom. The molecule has 0 spiro atoms. The number of rotatable bonds is 10. The molecule has 0 amide bonds. The summed E-state index contributed by atoms with van der Waals surface area (Å²) in [5.41, 5.74) is 2.24. The Morgan fingerprint density at radius 2 is 1.57 bits per heavy atom. The lowest BCUT2D eigenvalue weighted by Crippen LogP contribution is -2.49. The molecule has 11 heteroatoms. The van der Waals surface area contributed by atoms with E-state index in [9.17, 15) is 21.6 Å². The molecular formula is C31H33F3N4O3S. The number of fused-ring (bicyclic) bond motifs is 1. The molecule has 1 fully saturated rings. The van der Waals surface area contributed by atoms with E-state index in [-0.39, 0.29) is 13.1 Å². The van der Waals surface area contributed by atoms with Gasteiger partial charge in [0.25, 0.3) is 0 Å². The van der Waals surface area contributed by atoms with Crippen LogP contribution in [0.25, 0.3) is 10.9 Å². The van der Waals surface area contributed by atoms with Crippen LogP contribution in [0.4, 0.5) is 13.2 Å². The normalized spacial score (nSPS) is 15.4. The minimum absolute atomic E-state index is 0.118. The van der Waals surface area contributed by atoms with E-state index in [0.717, 1.165) is 51.7 Å². The lowest BCUT2D eigenvalue weighted by Gasteiger charge is -2.34. The number of halogens is 3. The van der Waals surface area contributed by atoms with Crippen molar-refractivity contribution >= 4 is 20.9 Å². The number of nitrogens with zero attached hydrogens (tertiary/aromatic N) is 4. The summed E-state index contributed by atoms with van der Waals surface area (Å²) in [6, 6.07) is 22.6. The molecule has 0 unspecified atom stereocenters. The summed E-state index contributed by atoms with van der Waals surface area (Å²) < 4.78 is 73.1. The summed E-state index contributed by atoms with van der Waals surface area (Å²) in [7, 11) is -2.17. The standard InChI is InChI=1S/C31H33F3N4O3S/c1-36(23-25-10-13-29-26(21-25)5-4-14-35-29)22-24-8-11-27(12-9-24)41-20-19-37-15-17-38(18-16-37)42(39,40)30-7-3-2-6-28(30)31(32,33)34/h2-14,21H,15-20,22-23H2,1H3. The van der Waals surface area contributed by atoms with Gasteiger partial charge < -0.3 is 4.74 Å². The van der Waals surface area contributed by atoms with Gasteiger partial charge in [-0.05, 0) is 60.6 Å². The third-order valence-corrected chi connectivity index (χ3v) is 9.27. The van der Waals surface area contributed by atoms with Crippen molar-refractivity contribution in [3.05, 3.63) is 102 Å². The van der Waals surface area contributed by atoms with Gasteiger partial charge in [-0.15, -0.1) is 0 Å². The summed E-state index contributed by atoms with van der Waals surface area (Å²) >= 11 is 0. The average molecular weight is 599 g/mol. The second kappa shape index (κ2) is 12.8. The number of sulfonamides is 1. The lowest BCUT2D eigenvalue weighted by atomic mass is 10.1. The van der Waals surface area contributed by atoms with Crippen molar-refractivity contribution in [2.75, 3.05) is 46.4 Å². The molecule has 7 nitrogen and oxygen atoms in total. The van der Waals surface area contributed by atoms with Gasteiger partial charge in [-0.25, -0.2) is 8.42 Å². The van der Waals surface area contributed by atoms with Crippen LogP contribution in [0.1, 0.15) is 16.7 Å². The summed E-state index contributed by atoms with van der Waals surface area (Å²) in [5.74, 6) is 0.744. The molecule has 1 aliphatic heterocycles. The third-order valence-electron chi connectivity index (χ3n) is 7.31. The third kappa shape index (κ3) is 7.27. The number of alkyl halides is 3. The van der Waals surface area contributed by atoms with Crippen molar-refractivity contribution < 1.29 is 26.3 Å². The first-order chi connectivity index (χ1) is 20.1. The zero-order valence-electron chi connectivity index (χ0n) is 23.3. The van der Waals surface area contributed by atoms with Crippen LogP contribution in [-0.4, -0.2) is 73.9 Å². The zero-order chi connectivity index (χ0) is 29.7. The van der Waals surface area contributed by atoms with E-state index in [1.54, 1.807) is 6.20 Å². The van der Waals surface area contributed by atoms with Crippen molar-refractivity contribution in [3.8, 4) is 5.75 Å². The van der Waals surface area contributed by atoms with Crippen LogP contribution in [0, 0.1) is 0 Å². The van der Waals surface area contributed by atoms with Crippen LogP contribution in [0.2, 0.25) is 0 Å². The maximum atomic E-state index is 13.4. The van der Waals surface area contributed by atoms with Gasteiger partial charge in [-0.3, -0.25) is 14.8 Å². The minimum Gasteiger partial charge on any atom is -0.492 e. The fraction of sp³-hybridized carbons (Fsp3) is 0.323. The van der Waals surface area contributed by atoms with Crippen LogP contribution in [-0.2, 0) is 29.3 Å². The largest absolute Gasteiger partial charge is 0.492 e. The Morgan fingerprint density at radius 1 is 0.881 bits per heavy atom. The van der Waals surface area contributed by atoms with Crippen LogP contribution in [0.15, 0.2) is 90.0 Å². The first-order valence-electron chi connectivity index (χ1n) is 13.7. The van der Waals surface area contributed by atoms with Crippen molar-refractivity contribution in [1.29, 1.82) is 0 Å². The molecule has 0 bridgehead atoms. The van der Waals surface area contributed by atoms with E-state index >= 15 is 0 Å². The smallest absolute Gasteiger partial charge is 0.417 e. The van der Waals surface area contributed by atoms with E-state index in [4.69, 9.17) is 4.74 Å². The van der Waals surface area contributed by atoms with Gasteiger partial charge in [-0.2, -0.15) is 17.5 Å². The van der Waals surface area contributed by atoms with Crippen molar-refractivity contribution in [2.45, 2.75) is 24.2 Å². The fourth-order valence-electron chi connectivity index (χ4n) is 5.14. The molecule has 0 saturated carbocycles. The highest BCUT2D eigenvalue weighted by Crippen LogP contribution is 2.35. The van der Waals surface area contributed by atoms with Gasteiger partial charge >= 0.3 is 6.18 Å². The fourth-order valence-corrected chi connectivity index (χ4v) is 6.78. The quantitative estimate of drug-likeness (QED) is 0.248. The van der Waals surface area contributed by atoms with E-state index in [0.29, 0.717) is 26.2 Å². The van der Waals surface area contributed by atoms with E-state index in [1.807, 2.05) is 41.3 Å². The number of benzene rings is 3. The van der Waals surface area contributed by atoms with E-state index in [2.05, 4.69) is 35.1 Å². The highest BCUT2D eigenvalue weighted by molar-refractivity contribution is 7.89. The van der Waals surface area contributed by atoms with Crippen LogP contribution < -0.4 is 4.74 Å². The van der Waals surface area contributed by atoms with Crippen LogP contribution in [0.5, 0.6) is 5.75 Å². The Labute approximate surface area is 244 Å². The number of piperazine rings is 1. The highest BCUT2D eigenvalue weighted by Gasteiger charge is 2.39. The van der Waals surface area contributed by atoms with Crippen LogP contribution in [0.3, 0.4) is 0 Å². The summed E-state index contributed by atoms with van der Waals surface area (Å²) in [6.07, 6.45) is -2.95. The molecule has 42 heavy (non-hydrogen) atoms. The summed E-state index contributed by atoms with van der Waals surface area (Å²) in [4.78, 5) is 7.97. The number of aromatic nitrogens is 1. The molecule has 1 saturated heterocycles. The molecule has 4 aromatic rings. The van der Waals surface area contributed by atoms with Gasteiger partial charge in [0.15, 0.2) is 0 Å². The molecule has 0 N–H and O–H groups in total. The Hall–Kier alpha value is -3.51. The monoisotopic (exact) mass is 598 g/mol. The SMILES string of the molecule is CN(Cc1ccc(OCCN2CCN(S(=O)(=O)c3ccccc3C(F)(F)F)CC2)cc1)Cc1ccc2ncccc2c1. The van der Waals surface area contributed by atoms with Crippen molar-refractivity contribution in [1.82, 2.24) is 19.1 Å². The Balaban J connectivity index is 1.06.